The summed E-state index contributed by atoms with van der Waals surface area (Å²) in [5.74, 6) is 0. The van der Waals surface area contributed by atoms with Gasteiger partial charge in [0.2, 0.25) is 0 Å². The molecule has 0 bridgehead atoms. The summed E-state index contributed by atoms with van der Waals surface area (Å²) in [7, 11) is 0. The fourth-order valence-electron chi connectivity index (χ4n) is 2.88. The van der Waals surface area contributed by atoms with E-state index < -0.39 is 0 Å². The summed E-state index contributed by atoms with van der Waals surface area (Å²) in [6.45, 7) is 15.1. The predicted molar refractivity (Wildman–Crippen MR) is 97.0 cm³/mol. The molecule has 1 atom stereocenters. The monoisotopic (exact) mass is 330 g/mol. The van der Waals surface area contributed by atoms with E-state index in [0.717, 1.165) is 32.6 Å². The number of hydrogen-bond acceptors (Lipinski definition) is 2. The lowest BCUT2D eigenvalue weighted by atomic mass is 9.93. The van der Waals surface area contributed by atoms with Gasteiger partial charge in [0.1, 0.15) is 0 Å². The van der Waals surface area contributed by atoms with E-state index in [1.807, 2.05) is 0 Å². The summed E-state index contributed by atoms with van der Waals surface area (Å²) in [6.07, 6.45) is 1.06. The molecule has 1 aromatic carbocycles. The molecule has 0 saturated carbocycles. The van der Waals surface area contributed by atoms with E-state index in [1.54, 1.807) is 0 Å². The van der Waals surface area contributed by atoms with Gasteiger partial charge in [0, 0.05) is 32.2 Å². The smallest absolute Gasteiger partial charge is 0.0388 e. The lowest BCUT2D eigenvalue weighted by molar-refractivity contribution is 0.172. The van der Waals surface area contributed by atoms with Crippen LogP contribution in [0.2, 0.25) is 0 Å². The van der Waals surface area contributed by atoms with Gasteiger partial charge in [-0.2, -0.15) is 0 Å². The summed E-state index contributed by atoms with van der Waals surface area (Å²) in [6, 6.07) is 7.29. The zero-order valence-corrected chi connectivity index (χ0v) is 14.9. The summed E-state index contributed by atoms with van der Waals surface area (Å²) in [5, 5.41) is 3.44. The Morgan fingerprint density at radius 2 is 1.86 bits per heavy atom. The van der Waals surface area contributed by atoms with Crippen LogP contribution in [0.25, 0.3) is 0 Å². The Labute approximate surface area is 141 Å². The maximum Gasteiger partial charge on any atom is 0.0388 e. The molecule has 1 aliphatic heterocycles. The topological polar surface area (TPSA) is 15.3 Å². The van der Waals surface area contributed by atoms with Gasteiger partial charge in [-0.3, -0.25) is 4.90 Å². The number of nitrogens with zero attached hydrogens (tertiary/aromatic N) is 1. The average molecular weight is 331 g/mol. The first-order valence-electron chi connectivity index (χ1n) is 7.24. The van der Waals surface area contributed by atoms with Crippen LogP contribution in [0.3, 0.4) is 0 Å². The van der Waals surface area contributed by atoms with Crippen molar-refractivity contribution in [1.29, 1.82) is 0 Å². The minimum atomic E-state index is 0. The van der Waals surface area contributed by atoms with Crippen molar-refractivity contribution in [1.82, 2.24) is 10.2 Å². The van der Waals surface area contributed by atoms with Crippen LogP contribution in [0.1, 0.15) is 36.1 Å². The first-order chi connectivity index (χ1) is 9.08. The molecule has 2 nitrogen and oxygen atoms in total. The van der Waals surface area contributed by atoms with Gasteiger partial charge in [-0.15, -0.1) is 31.4 Å². The fraction of sp³-hybridized carbons (Fsp3) is 0.529. The third kappa shape index (κ3) is 5.63. The van der Waals surface area contributed by atoms with Crippen molar-refractivity contribution in [3.05, 3.63) is 47.0 Å². The molecule has 1 aromatic rings. The van der Waals surface area contributed by atoms with Crippen LogP contribution in [-0.4, -0.2) is 31.1 Å². The molecule has 1 saturated heterocycles. The second-order valence-corrected chi connectivity index (χ2v) is 5.82. The van der Waals surface area contributed by atoms with Crippen molar-refractivity contribution < 1.29 is 0 Å². The highest BCUT2D eigenvalue weighted by molar-refractivity contribution is 5.85. The number of piperazine rings is 1. The van der Waals surface area contributed by atoms with Gasteiger partial charge in [0.05, 0.1) is 0 Å². The first-order valence-corrected chi connectivity index (χ1v) is 7.24. The average Bonchev–Trinajstić information content (AvgIpc) is 2.40. The molecule has 0 amide bonds. The summed E-state index contributed by atoms with van der Waals surface area (Å²) in [5.41, 5.74) is 5.49. The number of rotatable bonds is 4. The van der Waals surface area contributed by atoms with E-state index in [1.165, 1.54) is 22.3 Å². The summed E-state index contributed by atoms with van der Waals surface area (Å²) in [4.78, 5) is 2.60. The third-order valence-corrected chi connectivity index (χ3v) is 3.93. The van der Waals surface area contributed by atoms with Crippen LogP contribution < -0.4 is 5.32 Å². The highest BCUT2D eigenvalue weighted by Gasteiger charge is 2.23. The Balaban J connectivity index is 0.00000200. The molecule has 1 fully saturated rings. The van der Waals surface area contributed by atoms with E-state index in [9.17, 15) is 0 Å². The van der Waals surface area contributed by atoms with Crippen LogP contribution >= 0.6 is 24.8 Å². The Kier molecular flexibility index (Phi) is 9.23. The van der Waals surface area contributed by atoms with Gasteiger partial charge in [0.15, 0.2) is 0 Å². The molecule has 0 aromatic heterocycles. The SMILES string of the molecule is C=C(C)C[C@@H](c1cc(C)ccc1C)N1CCNCC1.Cl.Cl. The number of hydrogen-bond donors (Lipinski definition) is 1. The second kappa shape index (κ2) is 9.47. The van der Waals surface area contributed by atoms with Gasteiger partial charge in [-0.25, -0.2) is 0 Å². The zero-order chi connectivity index (χ0) is 13.8. The molecular weight excluding hydrogens is 303 g/mol. The molecule has 120 valence electrons. The van der Waals surface area contributed by atoms with Gasteiger partial charge in [0.25, 0.3) is 0 Å². The van der Waals surface area contributed by atoms with E-state index >= 15 is 0 Å². The quantitative estimate of drug-likeness (QED) is 0.837. The minimum Gasteiger partial charge on any atom is -0.314 e. The molecule has 0 aliphatic carbocycles. The van der Waals surface area contributed by atoms with Crippen LogP contribution in [0.4, 0.5) is 0 Å². The van der Waals surface area contributed by atoms with Crippen LogP contribution in [0, 0.1) is 13.8 Å². The summed E-state index contributed by atoms with van der Waals surface area (Å²) < 4.78 is 0. The van der Waals surface area contributed by atoms with Gasteiger partial charge >= 0.3 is 0 Å². The first kappa shape index (κ1) is 20.5. The molecule has 4 heteroatoms. The Morgan fingerprint density at radius 1 is 1.24 bits per heavy atom. The van der Waals surface area contributed by atoms with Crippen molar-refractivity contribution in [2.75, 3.05) is 26.2 Å². The van der Waals surface area contributed by atoms with Crippen LogP contribution in [0.15, 0.2) is 30.4 Å². The van der Waals surface area contributed by atoms with E-state index in [-0.39, 0.29) is 24.8 Å². The van der Waals surface area contributed by atoms with Gasteiger partial charge < -0.3 is 5.32 Å². The maximum absolute atomic E-state index is 4.13. The third-order valence-electron chi connectivity index (χ3n) is 3.93. The van der Waals surface area contributed by atoms with Crippen LogP contribution in [0.5, 0.6) is 0 Å². The van der Waals surface area contributed by atoms with E-state index in [2.05, 4.69) is 55.8 Å². The minimum absolute atomic E-state index is 0. The van der Waals surface area contributed by atoms with E-state index in [0.29, 0.717) is 6.04 Å². The Morgan fingerprint density at radius 3 is 2.43 bits per heavy atom. The number of aryl methyl sites for hydroxylation is 2. The Hall–Kier alpha value is -0.540. The highest BCUT2D eigenvalue weighted by Crippen LogP contribution is 2.30. The van der Waals surface area contributed by atoms with Gasteiger partial charge in [-0.1, -0.05) is 29.3 Å². The number of benzene rings is 1. The molecule has 21 heavy (non-hydrogen) atoms. The van der Waals surface area contributed by atoms with Crippen LogP contribution in [-0.2, 0) is 0 Å². The normalized spacial score (nSPS) is 16.5. The molecule has 0 unspecified atom stereocenters. The molecule has 1 heterocycles. The Bertz CT molecular complexity index is 454. The maximum atomic E-state index is 4.13. The molecule has 0 spiro atoms. The second-order valence-electron chi connectivity index (χ2n) is 5.82. The predicted octanol–water partition coefficient (Wildman–Crippen LogP) is 4.06. The largest absolute Gasteiger partial charge is 0.314 e. The lowest BCUT2D eigenvalue weighted by Gasteiger charge is -2.36. The zero-order valence-electron chi connectivity index (χ0n) is 13.3. The lowest BCUT2D eigenvalue weighted by Crippen LogP contribution is -2.45. The standard InChI is InChI=1S/C17H26N2.2ClH/c1-13(2)11-17(19-9-7-18-8-10-19)16-12-14(3)5-6-15(16)4;;/h5-6,12,17-18H,1,7-11H2,2-4H3;2*1H/t17-;;/m0../s1. The van der Waals surface area contributed by atoms with Crippen molar-refractivity contribution in [3.8, 4) is 0 Å². The van der Waals surface area contributed by atoms with Crippen molar-refractivity contribution in [2.45, 2.75) is 33.2 Å². The van der Waals surface area contributed by atoms with Crippen molar-refractivity contribution in [3.63, 3.8) is 0 Å². The highest BCUT2D eigenvalue weighted by atomic mass is 35.5. The fourth-order valence-corrected chi connectivity index (χ4v) is 2.88. The molecule has 1 aliphatic rings. The molecule has 0 radical (unpaired) electrons. The van der Waals surface area contributed by atoms with Gasteiger partial charge in [-0.05, 0) is 38.3 Å². The number of nitrogens with one attached hydrogen (secondary N) is 1. The van der Waals surface area contributed by atoms with Crippen molar-refractivity contribution in [2.24, 2.45) is 0 Å². The summed E-state index contributed by atoms with van der Waals surface area (Å²) >= 11 is 0. The molecule has 1 N–H and O–H groups in total. The molecular formula is C17H28Cl2N2. The van der Waals surface area contributed by atoms with E-state index in [4.69, 9.17) is 0 Å². The van der Waals surface area contributed by atoms with Crippen molar-refractivity contribution >= 4 is 24.8 Å². The molecule has 2 rings (SSSR count). The number of halogens is 2.